The summed E-state index contributed by atoms with van der Waals surface area (Å²) < 4.78 is 14.1. The maximum absolute atomic E-state index is 13.4. The van der Waals surface area contributed by atoms with Crippen molar-refractivity contribution >= 4 is 15.9 Å². The molecule has 19 heavy (non-hydrogen) atoms. The van der Waals surface area contributed by atoms with Gasteiger partial charge in [-0.05, 0) is 55.3 Å². The van der Waals surface area contributed by atoms with Crippen molar-refractivity contribution in [3.8, 4) is 0 Å². The number of hydrogen-bond acceptors (Lipinski definition) is 2. The van der Waals surface area contributed by atoms with Gasteiger partial charge in [0.2, 0.25) is 0 Å². The van der Waals surface area contributed by atoms with Gasteiger partial charge < -0.3 is 5.32 Å². The second-order valence-corrected chi connectivity index (χ2v) is 5.53. The van der Waals surface area contributed by atoms with Crippen molar-refractivity contribution in [2.75, 3.05) is 7.05 Å². The third kappa shape index (κ3) is 3.85. The topological polar surface area (TPSA) is 24.9 Å². The normalized spacial score (nSPS) is 12.4. The first kappa shape index (κ1) is 14.2. The second kappa shape index (κ2) is 6.26. The summed E-state index contributed by atoms with van der Waals surface area (Å²) >= 11 is 3.32. The van der Waals surface area contributed by atoms with Crippen LogP contribution in [0, 0.1) is 12.7 Å². The van der Waals surface area contributed by atoms with E-state index in [0.29, 0.717) is 0 Å². The molecule has 2 nitrogen and oxygen atoms in total. The second-order valence-electron chi connectivity index (χ2n) is 4.62. The maximum Gasteiger partial charge on any atom is 0.124 e. The third-order valence-corrected chi connectivity index (χ3v) is 3.47. The number of halogens is 2. The Morgan fingerprint density at radius 3 is 2.68 bits per heavy atom. The van der Waals surface area contributed by atoms with E-state index in [1.54, 1.807) is 6.07 Å². The minimum Gasteiger partial charge on any atom is -0.313 e. The van der Waals surface area contributed by atoms with Crippen LogP contribution < -0.4 is 5.32 Å². The van der Waals surface area contributed by atoms with Crippen molar-refractivity contribution in [3.63, 3.8) is 0 Å². The zero-order valence-corrected chi connectivity index (χ0v) is 12.5. The lowest BCUT2D eigenvalue weighted by atomic mass is 9.99. The van der Waals surface area contributed by atoms with Crippen LogP contribution in [0.5, 0.6) is 0 Å². The van der Waals surface area contributed by atoms with Gasteiger partial charge in [-0.2, -0.15) is 0 Å². The summed E-state index contributed by atoms with van der Waals surface area (Å²) in [4.78, 5) is 4.21. The molecule has 1 atom stereocenters. The molecule has 2 aromatic rings. The Morgan fingerprint density at radius 2 is 2.05 bits per heavy atom. The smallest absolute Gasteiger partial charge is 0.124 e. The number of nitrogens with zero attached hydrogens (tertiary/aromatic N) is 1. The molecule has 0 radical (unpaired) electrons. The van der Waals surface area contributed by atoms with Gasteiger partial charge in [-0.15, -0.1) is 0 Å². The summed E-state index contributed by atoms with van der Waals surface area (Å²) in [6.07, 6.45) is 4.40. The Hall–Kier alpha value is -1.26. The summed E-state index contributed by atoms with van der Waals surface area (Å²) in [5.41, 5.74) is 3.19. The highest BCUT2D eigenvalue weighted by Crippen LogP contribution is 2.21. The first-order valence-corrected chi connectivity index (χ1v) is 6.91. The zero-order valence-electron chi connectivity index (χ0n) is 11.0. The summed E-state index contributed by atoms with van der Waals surface area (Å²) in [7, 11) is 1.90. The van der Waals surface area contributed by atoms with Crippen molar-refractivity contribution in [3.05, 3.63) is 63.6 Å². The molecule has 1 aromatic carbocycles. The van der Waals surface area contributed by atoms with Gasteiger partial charge in [-0.25, -0.2) is 4.39 Å². The van der Waals surface area contributed by atoms with E-state index in [9.17, 15) is 4.39 Å². The van der Waals surface area contributed by atoms with Crippen molar-refractivity contribution in [2.45, 2.75) is 19.4 Å². The standard InChI is InChI=1S/C15H16BrFN2/c1-10-3-12(9-19-8-10)15(18-2)6-11-4-13(16)7-14(17)5-11/h3-5,7-9,15,18H,6H2,1-2H3. The highest BCUT2D eigenvalue weighted by atomic mass is 79.9. The zero-order chi connectivity index (χ0) is 13.8. The third-order valence-electron chi connectivity index (χ3n) is 3.01. The van der Waals surface area contributed by atoms with Gasteiger partial charge in [0, 0.05) is 22.9 Å². The number of hydrogen-bond donors (Lipinski definition) is 1. The van der Waals surface area contributed by atoms with E-state index in [0.717, 1.165) is 27.6 Å². The molecule has 100 valence electrons. The van der Waals surface area contributed by atoms with Crippen LogP contribution >= 0.6 is 15.9 Å². The van der Waals surface area contributed by atoms with Crippen LogP contribution in [0.15, 0.2) is 41.1 Å². The van der Waals surface area contributed by atoms with Crippen LogP contribution in [0.1, 0.15) is 22.7 Å². The Kier molecular flexibility index (Phi) is 4.66. The Morgan fingerprint density at radius 1 is 1.26 bits per heavy atom. The van der Waals surface area contributed by atoms with Crippen molar-refractivity contribution in [1.82, 2.24) is 10.3 Å². The largest absolute Gasteiger partial charge is 0.313 e. The number of aromatic nitrogens is 1. The Bertz CT molecular complexity index is 552. The van der Waals surface area contributed by atoms with E-state index < -0.39 is 0 Å². The molecule has 0 aliphatic rings. The minimum absolute atomic E-state index is 0.126. The highest BCUT2D eigenvalue weighted by Gasteiger charge is 2.11. The lowest BCUT2D eigenvalue weighted by Gasteiger charge is -2.17. The first-order valence-electron chi connectivity index (χ1n) is 6.12. The van der Waals surface area contributed by atoms with Gasteiger partial charge in [0.1, 0.15) is 5.82 Å². The van der Waals surface area contributed by atoms with E-state index >= 15 is 0 Å². The maximum atomic E-state index is 13.4. The van der Waals surface area contributed by atoms with Crippen LogP contribution in [-0.4, -0.2) is 12.0 Å². The number of rotatable bonds is 4. The van der Waals surface area contributed by atoms with Crippen LogP contribution in [-0.2, 0) is 6.42 Å². The fraction of sp³-hybridized carbons (Fsp3) is 0.267. The summed E-state index contributed by atoms with van der Waals surface area (Å²) in [5.74, 6) is -0.221. The van der Waals surface area contributed by atoms with E-state index in [2.05, 4.69) is 32.3 Å². The molecule has 0 bridgehead atoms. The molecule has 0 spiro atoms. The van der Waals surface area contributed by atoms with E-state index in [1.165, 1.54) is 6.07 Å². The Labute approximate surface area is 121 Å². The summed E-state index contributed by atoms with van der Waals surface area (Å²) in [6, 6.07) is 7.20. The molecule has 0 amide bonds. The molecule has 0 fully saturated rings. The first-order chi connectivity index (χ1) is 9.08. The number of benzene rings is 1. The quantitative estimate of drug-likeness (QED) is 0.926. The highest BCUT2D eigenvalue weighted by molar-refractivity contribution is 9.10. The number of nitrogens with one attached hydrogen (secondary N) is 1. The number of pyridine rings is 1. The van der Waals surface area contributed by atoms with Gasteiger partial charge in [-0.1, -0.05) is 22.0 Å². The molecule has 1 N–H and O–H groups in total. The van der Waals surface area contributed by atoms with Gasteiger partial charge in [-0.3, -0.25) is 4.98 Å². The lowest BCUT2D eigenvalue weighted by molar-refractivity contribution is 0.581. The minimum atomic E-state index is -0.221. The Balaban J connectivity index is 2.23. The van der Waals surface area contributed by atoms with E-state index in [1.807, 2.05) is 32.4 Å². The van der Waals surface area contributed by atoms with Crippen molar-refractivity contribution in [2.24, 2.45) is 0 Å². The number of likely N-dealkylation sites (N-methyl/N-ethyl adjacent to an activating group) is 1. The van der Waals surface area contributed by atoms with E-state index in [-0.39, 0.29) is 11.9 Å². The predicted octanol–water partition coefficient (Wildman–Crippen LogP) is 3.79. The fourth-order valence-corrected chi connectivity index (χ4v) is 2.63. The molecular formula is C15H16BrFN2. The van der Waals surface area contributed by atoms with Gasteiger partial charge in [0.15, 0.2) is 0 Å². The van der Waals surface area contributed by atoms with Crippen LogP contribution in [0.2, 0.25) is 0 Å². The van der Waals surface area contributed by atoms with Gasteiger partial charge >= 0.3 is 0 Å². The molecule has 0 saturated heterocycles. The monoisotopic (exact) mass is 322 g/mol. The molecule has 0 saturated carbocycles. The predicted molar refractivity (Wildman–Crippen MR) is 78.6 cm³/mol. The summed E-state index contributed by atoms with van der Waals surface area (Å²) in [6.45, 7) is 2.02. The number of aryl methyl sites for hydroxylation is 1. The molecule has 1 heterocycles. The SMILES string of the molecule is CNC(Cc1cc(F)cc(Br)c1)c1cncc(C)c1. The molecule has 0 aliphatic carbocycles. The lowest BCUT2D eigenvalue weighted by Crippen LogP contribution is -2.19. The van der Waals surface area contributed by atoms with Crippen LogP contribution in [0.25, 0.3) is 0 Å². The van der Waals surface area contributed by atoms with Crippen molar-refractivity contribution < 1.29 is 4.39 Å². The molecule has 0 aliphatic heterocycles. The summed E-state index contributed by atoms with van der Waals surface area (Å²) in [5, 5.41) is 3.26. The molecule has 2 rings (SSSR count). The van der Waals surface area contributed by atoms with Gasteiger partial charge in [0.25, 0.3) is 0 Å². The van der Waals surface area contributed by atoms with Crippen LogP contribution in [0.3, 0.4) is 0 Å². The fourth-order valence-electron chi connectivity index (χ4n) is 2.12. The average Bonchev–Trinajstić information content (AvgIpc) is 2.34. The molecule has 4 heteroatoms. The van der Waals surface area contributed by atoms with E-state index in [4.69, 9.17) is 0 Å². The van der Waals surface area contributed by atoms with Gasteiger partial charge in [0.05, 0.1) is 0 Å². The molecular weight excluding hydrogens is 307 g/mol. The van der Waals surface area contributed by atoms with Crippen LogP contribution in [0.4, 0.5) is 4.39 Å². The molecule has 1 aromatic heterocycles. The van der Waals surface area contributed by atoms with Crippen molar-refractivity contribution in [1.29, 1.82) is 0 Å². The molecule has 1 unspecified atom stereocenters. The average molecular weight is 323 g/mol.